The van der Waals surface area contributed by atoms with Crippen LogP contribution in [0.5, 0.6) is 0 Å². The standard InChI is InChI=1S/C16H21N3/c1-11-5-6-15(12(2)7-11)19(4)16-13(3)8-14(9-17)10-18-16/h5-8,10H,9,17H2,1-4H3. The second-order valence-electron chi connectivity index (χ2n) is 5.04. The van der Waals surface area contributed by atoms with Gasteiger partial charge in [-0.05, 0) is 49.6 Å². The Morgan fingerprint density at radius 2 is 1.84 bits per heavy atom. The van der Waals surface area contributed by atoms with Gasteiger partial charge in [-0.2, -0.15) is 0 Å². The summed E-state index contributed by atoms with van der Waals surface area (Å²) >= 11 is 0. The van der Waals surface area contributed by atoms with E-state index >= 15 is 0 Å². The Bertz CT molecular complexity index is 591. The van der Waals surface area contributed by atoms with E-state index in [9.17, 15) is 0 Å². The van der Waals surface area contributed by atoms with Crippen LogP contribution in [-0.2, 0) is 6.54 Å². The molecule has 0 saturated carbocycles. The maximum absolute atomic E-state index is 5.64. The SMILES string of the molecule is Cc1ccc(N(C)c2ncc(CN)cc2C)c(C)c1. The molecule has 0 amide bonds. The van der Waals surface area contributed by atoms with Crippen LogP contribution in [0.2, 0.25) is 0 Å². The topological polar surface area (TPSA) is 42.2 Å². The number of benzene rings is 1. The molecule has 1 heterocycles. The van der Waals surface area contributed by atoms with Gasteiger partial charge in [-0.25, -0.2) is 4.98 Å². The molecule has 0 aliphatic rings. The minimum atomic E-state index is 0.529. The molecular weight excluding hydrogens is 234 g/mol. The highest BCUT2D eigenvalue weighted by Crippen LogP contribution is 2.28. The van der Waals surface area contributed by atoms with Crippen LogP contribution >= 0.6 is 0 Å². The molecule has 3 nitrogen and oxygen atoms in total. The van der Waals surface area contributed by atoms with E-state index in [1.165, 1.54) is 16.8 Å². The van der Waals surface area contributed by atoms with E-state index in [2.05, 4.69) is 62.0 Å². The van der Waals surface area contributed by atoms with E-state index in [0.717, 1.165) is 16.9 Å². The van der Waals surface area contributed by atoms with E-state index < -0.39 is 0 Å². The van der Waals surface area contributed by atoms with Crippen LogP contribution in [0.3, 0.4) is 0 Å². The minimum absolute atomic E-state index is 0.529. The van der Waals surface area contributed by atoms with Crippen LogP contribution in [0.15, 0.2) is 30.5 Å². The molecule has 0 bridgehead atoms. The van der Waals surface area contributed by atoms with Crippen molar-refractivity contribution in [2.75, 3.05) is 11.9 Å². The average molecular weight is 255 g/mol. The van der Waals surface area contributed by atoms with Crippen molar-refractivity contribution in [1.82, 2.24) is 4.98 Å². The first kappa shape index (κ1) is 13.6. The number of rotatable bonds is 3. The van der Waals surface area contributed by atoms with Crippen molar-refractivity contribution >= 4 is 11.5 Å². The fourth-order valence-corrected chi connectivity index (χ4v) is 2.38. The molecule has 0 aliphatic carbocycles. The van der Waals surface area contributed by atoms with Gasteiger partial charge in [0.1, 0.15) is 5.82 Å². The molecule has 0 fully saturated rings. The molecule has 3 heteroatoms. The van der Waals surface area contributed by atoms with Gasteiger partial charge in [0.05, 0.1) is 0 Å². The summed E-state index contributed by atoms with van der Waals surface area (Å²) in [6.07, 6.45) is 1.85. The second kappa shape index (κ2) is 5.41. The zero-order valence-corrected chi connectivity index (χ0v) is 12.1. The average Bonchev–Trinajstić information content (AvgIpc) is 2.37. The van der Waals surface area contributed by atoms with Crippen molar-refractivity contribution in [2.45, 2.75) is 27.3 Å². The Labute approximate surface area is 115 Å². The summed E-state index contributed by atoms with van der Waals surface area (Å²) in [5.41, 5.74) is 11.6. The maximum Gasteiger partial charge on any atom is 0.135 e. The molecule has 0 unspecified atom stereocenters. The van der Waals surface area contributed by atoms with Gasteiger partial charge < -0.3 is 10.6 Å². The summed E-state index contributed by atoms with van der Waals surface area (Å²) in [7, 11) is 2.05. The molecular formula is C16H21N3. The molecule has 0 aliphatic heterocycles. The number of nitrogens with zero attached hydrogens (tertiary/aromatic N) is 2. The molecule has 100 valence electrons. The molecule has 0 atom stereocenters. The second-order valence-corrected chi connectivity index (χ2v) is 5.04. The van der Waals surface area contributed by atoms with Crippen molar-refractivity contribution in [3.8, 4) is 0 Å². The first-order valence-electron chi connectivity index (χ1n) is 6.49. The quantitative estimate of drug-likeness (QED) is 0.915. The van der Waals surface area contributed by atoms with Crippen molar-refractivity contribution in [3.05, 3.63) is 52.7 Å². The van der Waals surface area contributed by atoms with Gasteiger partial charge >= 0.3 is 0 Å². The maximum atomic E-state index is 5.64. The first-order chi connectivity index (χ1) is 9.02. The Balaban J connectivity index is 2.41. The molecule has 2 aromatic rings. The highest BCUT2D eigenvalue weighted by Gasteiger charge is 2.11. The van der Waals surface area contributed by atoms with Gasteiger partial charge in [-0.1, -0.05) is 17.7 Å². The predicted octanol–water partition coefficient (Wildman–Crippen LogP) is 3.23. The summed E-state index contributed by atoms with van der Waals surface area (Å²) in [4.78, 5) is 6.66. The summed E-state index contributed by atoms with van der Waals surface area (Å²) < 4.78 is 0. The Kier molecular flexibility index (Phi) is 3.86. The van der Waals surface area contributed by atoms with Gasteiger partial charge in [0.15, 0.2) is 0 Å². The van der Waals surface area contributed by atoms with Crippen LogP contribution in [0, 0.1) is 20.8 Å². The summed E-state index contributed by atoms with van der Waals surface area (Å²) in [6.45, 7) is 6.83. The monoisotopic (exact) mass is 255 g/mol. The summed E-state index contributed by atoms with van der Waals surface area (Å²) in [5.74, 6) is 0.976. The number of aromatic nitrogens is 1. The van der Waals surface area contributed by atoms with E-state index in [1.54, 1.807) is 0 Å². The van der Waals surface area contributed by atoms with E-state index in [0.29, 0.717) is 6.54 Å². The van der Waals surface area contributed by atoms with Crippen molar-refractivity contribution < 1.29 is 0 Å². The van der Waals surface area contributed by atoms with Crippen molar-refractivity contribution in [3.63, 3.8) is 0 Å². The number of hydrogen-bond acceptors (Lipinski definition) is 3. The number of aryl methyl sites for hydroxylation is 3. The van der Waals surface area contributed by atoms with Crippen LogP contribution in [0.25, 0.3) is 0 Å². The van der Waals surface area contributed by atoms with Gasteiger partial charge in [0.2, 0.25) is 0 Å². The van der Waals surface area contributed by atoms with Crippen molar-refractivity contribution in [1.29, 1.82) is 0 Å². The van der Waals surface area contributed by atoms with Gasteiger partial charge in [-0.15, -0.1) is 0 Å². The van der Waals surface area contributed by atoms with Crippen LogP contribution < -0.4 is 10.6 Å². The van der Waals surface area contributed by atoms with Gasteiger partial charge in [0.25, 0.3) is 0 Å². The largest absolute Gasteiger partial charge is 0.329 e. The lowest BCUT2D eigenvalue weighted by Crippen LogP contribution is -2.14. The van der Waals surface area contributed by atoms with Gasteiger partial charge in [-0.3, -0.25) is 0 Å². The third kappa shape index (κ3) is 2.76. The van der Waals surface area contributed by atoms with Crippen LogP contribution in [0.4, 0.5) is 11.5 Å². The lowest BCUT2D eigenvalue weighted by molar-refractivity contribution is 1.02. The molecule has 0 saturated heterocycles. The normalized spacial score (nSPS) is 10.6. The van der Waals surface area contributed by atoms with E-state index in [4.69, 9.17) is 5.73 Å². The van der Waals surface area contributed by atoms with E-state index in [-0.39, 0.29) is 0 Å². The minimum Gasteiger partial charge on any atom is -0.329 e. The molecule has 0 radical (unpaired) electrons. The number of hydrogen-bond donors (Lipinski definition) is 1. The third-order valence-electron chi connectivity index (χ3n) is 3.37. The smallest absolute Gasteiger partial charge is 0.135 e. The first-order valence-corrected chi connectivity index (χ1v) is 6.49. The molecule has 2 N–H and O–H groups in total. The molecule has 1 aromatic carbocycles. The van der Waals surface area contributed by atoms with Crippen LogP contribution in [0.1, 0.15) is 22.3 Å². The lowest BCUT2D eigenvalue weighted by Gasteiger charge is -2.22. The summed E-state index contributed by atoms with van der Waals surface area (Å²) in [5, 5.41) is 0. The highest BCUT2D eigenvalue weighted by molar-refractivity contribution is 5.65. The fraction of sp³-hybridized carbons (Fsp3) is 0.312. The summed E-state index contributed by atoms with van der Waals surface area (Å²) in [6, 6.07) is 8.56. The number of nitrogens with two attached hydrogens (primary N) is 1. The molecule has 19 heavy (non-hydrogen) atoms. The molecule has 1 aromatic heterocycles. The number of pyridine rings is 1. The Morgan fingerprint density at radius 1 is 1.11 bits per heavy atom. The van der Waals surface area contributed by atoms with Gasteiger partial charge in [0, 0.05) is 25.5 Å². The van der Waals surface area contributed by atoms with E-state index in [1.807, 2.05) is 6.20 Å². The molecule has 0 spiro atoms. The Morgan fingerprint density at radius 3 is 2.42 bits per heavy atom. The number of anilines is 2. The predicted molar refractivity (Wildman–Crippen MR) is 80.8 cm³/mol. The fourth-order valence-electron chi connectivity index (χ4n) is 2.38. The third-order valence-corrected chi connectivity index (χ3v) is 3.37. The highest BCUT2D eigenvalue weighted by atomic mass is 15.2. The zero-order chi connectivity index (χ0) is 14.0. The Hall–Kier alpha value is -1.87. The lowest BCUT2D eigenvalue weighted by atomic mass is 10.1. The zero-order valence-electron chi connectivity index (χ0n) is 12.1. The molecule has 2 rings (SSSR count). The van der Waals surface area contributed by atoms with Crippen molar-refractivity contribution in [2.24, 2.45) is 5.73 Å². The van der Waals surface area contributed by atoms with Crippen LogP contribution in [-0.4, -0.2) is 12.0 Å².